The second-order valence-electron chi connectivity index (χ2n) is 5.80. The van der Waals surface area contributed by atoms with E-state index in [-0.39, 0.29) is 17.5 Å². The summed E-state index contributed by atoms with van der Waals surface area (Å²) in [7, 11) is 0. The van der Waals surface area contributed by atoms with E-state index in [1.54, 1.807) is 24.1 Å². The first kappa shape index (κ1) is 14.5. The van der Waals surface area contributed by atoms with E-state index in [1.165, 1.54) is 0 Å². The topological polar surface area (TPSA) is 94.7 Å². The SMILES string of the molecule is Cc1cnc(C2CCCN(C(=O)c3cc(C)[nH]c(=O)n3)C2)[nH]1. The Labute approximate surface area is 127 Å². The van der Waals surface area contributed by atoms with Crippen LogP contribution in [0.3, 0.4) is 0 Å². The Kier molecular flexibility index (Phi) is 3.79. The van der Waals surface area contributed by atoms with Gasteiger partial charge in [0.15, 0.2) is 0 Å². The lowest BCUT2D eigenvalue weighted by molar-refractivity contribution is 0.0698. The molecule has 1 unspecified atom stereocenters. The normalized spacial score (nSPS) is 18.5. The number of aromatic nitrogens is 4. The molecule has 2 aromatic heterocycles. The largest absolute Gasteiger partial charge is 0.346 e. The van der Waals surface area contributed by atoms with Gasteiger partial charge in [0, 0.05) is 36.6 Å². The van der Waals surface area contributed by atoms with Gasteiger partial charge in [-0.15, -0.1) is 0 Å². The summed E-state index contributed by atoms with van der Waals surface area (Å²) in [5.41, 5.74) is 1.37. The van der Waals surface area contributed by atoms with E-state index in [1.807, 2.05) is 6.92 Å². The van der Waals surface area contributed by atoms with Gasteiger partial charge in [-0.2, -0.15) is 4.98 Å². The number of hydrogen-bond acceptors (Lipinski definition) is 4. The number of aromatic amines is 2. The number of piperidine rings is 1. The summed E-state index contributed by atoms with van der Waals surface area (Å²) in [4.78, 5) is 39.7. The van der Waals surface area contributed by atoms with Crippen LogP contribution in [0.15, 0.2) is 17.1 Å². The van der Waals surface area contributed by atoms with Crippen LogP contribution in [0, 0.1) is 13.8 Å². The van der Waals surface area contributed by atoms with Crippen molar-refractivity contribution < 1.29 is 4.79 Å². The van der Waals surface area contributed by atoms with Gasteiger partial charge in [0.25, 0.3) is 5.91 Å². The van der Waals surface area contributed by atoms with E-state index >= 15 is 0 Å². The molecule has 7 heteroatoms. The van der Waals surface area contributed by atoms with Crippen molar-refractivity contribution in [3.05, 3.63) is 45.7 Å². The maximum absolute atomic E-state index is 12.6. The van der Waals surface area contributed by atoms with Crippen molar-refractivity contribution in [2.75, 3.05) is 13.1 Å². The number of amides is 1. The van der Waals surface area contributed by atoms with Crippen LogP contribution in [0.4, 0.5) is 0 Å². The Hall–Kier alpha value is -2.44. The van der Waals surface area contributed by atoms with Crippen LogP contribution in [-0.4, -0.2) is 43.8 Å². The second kappa shape index (κ2) is 5.75. The fourth-order valence-electron chi connectivity index (χ4n) is 2.88. The van der Waals surface area contributed by atoms with Crippen molar-refractivity contribution in [1.29, 1.82) is 0 Å². The molecule has 1 saturated heterocycles. The van der Waals surface area contributed by atoms with Crippen LogP contribution in [0.2, 0.25) is 0 Å². The molecule has 2 aromatic rings. The van der Waals surface area contributed by atoms with E-state index in [0.29, 0.717) is 18.8 Å². The zero-order valence-corrected chi connectivity index (χ0v) is 12.7. The molecule has 7 nitrogen and oxygen atoms in total. The molecular weight excluding hydrogens is 282 g/mol. The summed E-state index contributed by atoms with van der Waals surface area (Å²) >= 11 is 0. The van der Waals surface area contributed by atoms with Crippen LogP contribution in [0.5, 0.6) is 0 Å². The van der Waals surface area contributed by atoms with Crippen molar-refractivity contribution in [2.45, 2.75) is 32.6 Å². The standard InChI is InChI=1S/C15H19N5O2/c1-9-6-12(19-15(22)18-9)14(21)20-5-3-4-11(8-20)13-16-7-10(2)17-13/h6-7,11H,3-5,8H2,1-2H3,(H,16,17)(H,18,19,22). The molecule has 0 aliphatic carbocycles. The van der Waals surface area contributed by atoms with Crippen LogP contribution in [-0.2, 0) is 0 Å². The molecule has 1 aliphatic rings. The van der Waals surface area contributed by atoms with E-state index < -0.39 is 5.69 Å². The quantitative estimate of drug-likeness (QED) is 0.869. The minimum absolute atomic E-state index is 0.192. The third-order valence-electron chi connectivity index (χ3n) is 3.92. The lowest BCUT2D eigenvalue weighted by atomic mass is 9.97. The molecule has 2 N–H and O–H groups in total. The van der Waals surface area contributed by atoms with Crippen molar-refractivity contribution in [3.63, 3.8) is 0 Å². The lowest BCUT2D eigenvalue weighted by Gasteiger charge is -2.31. The highest BCUT2D eigenvalue weighted by molar-refractivity contribution is 5.92. The minimum atomic E-state index is -0.487. The van der Waals surface area contributed by atoms with E-state index in [9.17, 15) is 9.59 Å². The van der Waals surface area contributed by atoms with Crippen LogP contribution >= 0.6 is 0 Å². The average molecular weight is 301 g/mol. The van der Waals surface area contributed by atoms with E-state index in [4.69, 9.17) is 0 Å². The van der Waals surface area contributed by atoms with Crippen molar-refractivity contribution in [1.82, 2.24) is 24.8 Å². The monoisotopic (exact) mass is 301 g/mol. The van der Waals surface area contributed by atoms with Gasteiger partial charge < -0.3 is 14.9 Å². The molecule has 1 atom stereocenters. The molecule has 1 fully saturated rings. The van der Waals surface area contributed by atoms with Gasteiger partial charge in [-0.05, 0) is 32.8 Å². The van der Waals surface area contributed by atoms with Gasteiger partial charge in [0.05, 0.1) is 0 Å². The molecule has 0 aromatic carbocycles. The lowest BCUT2D eigenvalue weighted by Crippen LogP contribution is -2.40. The van der Waals surface area contributed by atoms with Crippen molar-refractivity contribution in [2.24, 2.45) is 0 Å². The summed E-state index contributed by atoms with van der Waals surface area (Å²) in [6.45, 7) is 4.98. The van der Waals surface area contributed by atoms with Gasteiger partial charge in [-0.1, -0.05) is 0 Å². The molecule has 22 heavy (non-hydrogen) atoms. The van der Waals surface area contributed by atoms with Crippen LogP contribution in [0.1, 0.15) is 46.5 Å². The number of carbonyl (C=O) groups excluding carboxylic acids is 1. The van der Waals surface area contributed by atoms with Gasteiger partial charge in [-0.25, -0.2) is 9.78 Å². The summed E-state index contributed by atoms with van der Waals surface area (Å²) in [5.74, 6) is 0.932. The molecule has 0 bridgehead atoms. The minimum Gasteiger partial charge on any atom is -0.346 e. The fourth-order valence-corrected chi connectivity index (χ4v) is 2.88. The summed E-state index contributed by atoms with van der Waals surface area (Å²) < 4.78 is 0. The molecule has 1 amide bonds. The third kappa shape index (κ3) is 2.93. The molecule has 116 valence electrons. The Morgan fingerprint density at radius 3 is 2.82 bits per heavy atom. The first-order valence-electron chi connectivity index (χ1n) is 7.41. The number of likely N-dealkylation sites (tertiary alicyclic amines) is 1. The highest BCUT2D eigenvalue weighted by Gasteiger charge is 2.27. The highest BCUT2D eigenvalue weighted by atomic mass is 16.2. The summed E-state index contributed by atoms with van der Waals surface area (Å²) in [6.07, 6.45) is 3.72. The first-order valence-corrected chi connectivity index (χ1v) is 7.41. The maximum atomic E-state index is 12.6. The van der Waals surface area contributed by atoms with Crippen LogP contribution in [0.25, 0.3) is 0 Å². The fraction of sp³-hybridized carbons (Fsp3) is 0.467. The van der Waals surface area contributed by atoms with Crippen molar-refractivity contribution >= 4 is 5.91 Å². The Bertz CT molecular complexity index is 748. The van der Waals surface area contributed by atoms with E-state index in [0.717, 1.165) is 24.4 Å². The highest BCUT2D eigenvalue weighted by Crippen LogP contribution is 2.25. The average Bonchev–Trinajstić information content (AvgIpc) is 2.92. The number of H-pyrrole nitrogens is 2. The van der Waals surface area contributed by atoms with Gasteiger partial charge >= 0.3 is 5.69 Å². The molecule has 1 aliphatic heterocycles. The number of nitrogens with zero attached hydrogens (tertiary/aromatic N) is 3. The predicted molar refractivity (Wildman–Crippen MR) is 80.8 cm³/mol. The summed E-state index contributed by atoms with van der Waals surface area (Å²) in [5, 5.41) is 0. The molecule has 0 radical (unpaired) electrons. The Morgan fingerprint density at radius 1 is 1.32 bits per heavy atom. The predicted octanol–water partition coefficient (Wildman–Crippen LogP) is 1.13. The Morgan fingerprint density at radius 2 is 2.14 bits per heavy atom. The number of nitrogens with one attached hydrogen (secondary N) is 2. The first-order chi connectivity index (χ1) is 10.5. The number of imidazole rings is 1. The molecular formula is C15H19N5O2. The smallest absolute Gasteiger partial charge is 0.345 e. The third-order valence-corrected chi connectivity index (χ3v) is 3.92. The number of hydrogen-bond donors (Lipinski definition) is 2. The number of aryl methyl sites for hydroxylation is 2. The van der Waals surface area contributed by atoms with Gasteiger partial charge in [0.1, 0.15) is 11.5 Å². The van der Waals surface area contributed by atoms with Crippen LogP contribution < -0.4 is 5.69 Å². The molecule has 3 rings (SSSR count). The number of carbonyl (C=O) groups is 1. The van der Waals surface area contributed by atoms with E-state index in [2.05, 4.69) is 19.9 Å². The zero-order chi connectivity index (χ0) is 15.7. The zero-order valence-electron chi connectivity index (χ0n) is 12.7. The molecule has 0 spiro atoms. The molecule has 0 saturated carbocycles. The van der Waals surface area contributed by atoms with Crippen molar-refractivity contribution in [3.8, 4) is 0 Å². The molecule has 3 heterocycles. The van der Waals surface area contributed by atoms with Gasteiger partial charge in [0.2, 0.25) is 0 Å². The van der Waals surface area contributed by atoms with Gasteiger partial charge in [-0.3, -0.25) is 4.79 Å². The second-order valence-corrected chi connectivity index (χ2v) is 5.80. The maximum Gasteiger partial charge on any atom is 0.345 e. The Balaban J connectivity index is 1.79. The number of rotatable bonds is 2. The summed E-state index contributed by atoms with van der Waals surface area (Å²) in [6, 6.07) is 1.62.